The molecule has 0 N–H and O–H groups in total. The van der Waals surface area contributed by atoms with Gasteiger partial charge in [-0.15, -0.1) is 0 Å². The van der Waals surface area contributed by atoms with Gasteiger partial charge in [-0.3, -0.25) is 0 Å². The predicted molar refractivity (Wildman–Crippen MR) is 66.6 cm³/mol. The van der Waals surface area contributed by atoms with Crippen LogP contribution < -0.4 is 0 Å². The normalized spacial score (nSPS) is 11.6. The molecule has 0 aromatic rings. The molecule has 0 aromatic heterocycles. The van der Waals surface area contributed by atoms with E-state index in [1.165, 1.54) is 51.4 Å². The van der Waals surface area contributed by atoms with Crippen molar-refractivity contribution >= 4 is 0 Å². The second-order valence-electron chi connectivity index (χ2n) is 5.00. The van der Waals surface area contributed by atoms with Crippen LogP contribution in [0.2, 0.25) is 0 Å². The zero-order valence-electron chi connectivity index (χ0n) is 10.8. The first-order chi connectivity index (χ1) is 6.72. The lowest BCUT2D eigenvalue weighted by Crippen LogP contribution is -2.08. The third-order valence-electron chi connectivity index (χ3n) is 3.30. The van der Waals surface area contributed by atoms with Gasteiger partial charge in [0.2, 0.25) is 0 Å². The van der Waals surface area contributed by atoms with Gasteiger partial charge in [-0.2, -0.15) is 0 Å². The molecular weight excluding hydrogens is 168 g/mol. The summed E-state index contributed by atoms with van der Waals surface area (Å²) in [5, 5.41) is 0. The van der Waals surface area contributed by atoms with E-state index in [0.717, 1.165) is 11.8 Å². The molecular formula is C14H30. The summed E-state index contributed by atoms with van der Waals surface area (Å²) in [7, 11) is 0. The molecule has 0 amide bonds. The van der Waals surface area contributed by atoms with Crippen LogP contribution in [0.3, 0.4) is 0 Å². The summed E-state index contributed by atoms with van der Waals surface area (Å²) in [6.45, 7) is 9.37. The molecule has 0 rings (SSSR count). The third kappa shape index (κ3) is 7.41. The highest BCUT2D eigenvalue weighted by Crippen LogP contribution is 2.24. The van der Waals surface area contributed by atoms with Crippen molar-refractivity contribution in [2.75, 3.05) is 0 Å². The maximum absolute atomic E-state index is 2.39. The first-order valence-corrected chi connectivity index (χ1v) is 6.72. The zero-order valence-corrected chi connectivity index (χ0v) is 10.8. The van der Waals surface area contributed by atoms with Gasteiger partial charge < -0.3 is 0 Å². The van der Waals surface area contributed by atoms with Crippen LogP contribution in [-0.2, 0) is 0 Å². The van der Waals surface area contributed by atoms with Crippen molar-refractivity contribution in [2.24, 2.45) is 11.8 Å². The Kier molecular flexibility index (Phi) is 9.55. The molecule has 86 valence electrons. The minimum Gasteiger partial charge on any atom is -0.0654 e. The van der Waals surface area contributed by atoms with E-state index in [1.807, 2.05) is 0 Å². The molecule has 0 aliphatic carbocycles. The maximum Gasteiger partial charge on any atom is -0.0391 e. The molecule has 0 unspecified atom stereocenters. The summed E-state index contributed by atoms with van der Waals surface area (Å²) in [4.78, 5) is 0. The lowest BCUT2D eigenvalue weighted by Gasteiger charge is -2.20. The molecule has 0 aliphatic rings. The molecule has 0 saturated heterocycles. The first-order valence-electron chi connectivity index (χ1n) is 6.72. The molecule has 0 fully saturated rings. The van der Waals surface area contributed by atoms with Crippen LogP contribution in [0.1, 0.15) is 79.1 Å². The van der Waals surface area contributed by atoms with E-state index in [9.17, 15) is 0 Å². The van der Waals surface area contributed by atoms with E-state index in [4.69, 9.17) is 0 Å². The second kappa shape index (κ2) is 9.55. The van der Waals surface area contributed by atoms with Gasteiger partial charge in [-0.25, -0.2) is 0 Å². The van der Waals surface area contributed by atoms with Crippen LogP contribution in [0.25, 0.3) is 0 Å². The summed E-state index contributed by atoms with van der Waals surface area (Å²) in [5.74, 6) is 1.89. The average molecular weight is 198 g/mol. The van der Waals surface area contributed by atoms with Crippen molar-refractivity contribution < 1.29 is 0 Å². The molecule has 0 bridgehead atoms. The Labute approximate surface area is 91.5 Å². The van der Waals surface area contributed by atoms with E-state index < -0.39 is 0 Å². The van der Waals surface area contributed by atoms with Crippen molar-refractivity contribution in [3.05, 3.63) is 0 Å². The Hall–Kier alpha value is 0. The van der Waals surface area contributed by atoms with E-state index in [0.29, 0.717) is 0 Å². The number of hydrogen-bond donors (Lipinski definition) is 0. The fraction of sp³-hybridized carbons (Fsp3) is 1.00. The molecule has 0 spiro atoms. The minimum absolute atomic E-state index is 0.892. The smallest absolute Gasteiger partial charge is 0.0391 e. The lowest BCUT2D eigenvalue weighted by atomic mass is 9.86. The van der Waals surface area contributed by atoms with Crippen LogP contribution in [0, 0.1) is 11.8 Å². The quantitative estimate of drug-likeness (QED) is 0.434. The van der Waals surface area contributed by atoms with Crippen LogP contribution in [0.4, 0.5) is 0 Å². The summed E-state index contributed by atoms with van der Waals surface area (Å²) in [6.07, 6.45) is 11.4. The van der Waals surface area contributed by atoms with Gasteiger partial charge in [-0.05, 0) is 11.8 Å². The fourth-order valence-electron chi connectivity index (χ4n) is 2.12. The second-order valence-corrected chi connectivity index (χ2v) is 5.00. The largest absolute Gasteiger partial charge is 0.0654 e. The molecule has 0 aliphatic heterocycles. The van der Waals surface area contributed by atoms with Crippen molar-refractivity contribution in [1.29, 1.82) is 0 Å². The van der Waals surface area contributed by atoms with Crippen LogP contribution >= 0.6 is 0 Å². The van der Waals surface area contributed by atoms with E-state index in [-0.39, 0.29) is 0 Å². The number of rotatable bonds is 9. The van der Waals surface area contributed by atoms with Gasteiger partial charge >= 0.3 is 0 Å². The summed E-state index contributed by atoms with van der Waals surface area (Å²) in [6, 6.07) is 0. The van der Waals surface area contributed by atoms with Crippen molar-refractivity contribution in [3.63, 3.8) is 0 Å². The van der Waals surface area contributed by atoms with Crippen LogP contribution in [0.15, 0.2) is 0 Å². The van der Waals surface area contributed by atoms with Crippen molar-refractivity contribution in [3.8, 4) is 0 Å². The van der Waals surface area contributed by atoms with Gasteiger partial charge in [-0.1, -0.05) is 79.1 Å². The van der Waals surface area contributed by atoms with Gasteiger partial charge in [0.1, 0.15) is 0 Å². The summed E-state index contributed by atoms with van der Waals surface area (Å²) in [5.41, 5.74) is 0. The van der Waals surface area contributed by atoms with Gasteiger partial charge in [0.25, 0.3) is 0 Å². The zero-order chi connectivity index (χ0) is 10.8. The van der Waals surface area contributed by atoms with Gasteiger partial charge in [0.15, 0.2) is 0 Å². The summed E-state index contributed by atoms with van der Waals surface area (Å²) >= 11 is 0. The standard InChI is InChI=1S/C14H30/c1-5-7-9-11-14(13(3)4)12-10-8-6-2/h13-14H,5-12H2,1-4H3. The van der Waals surface area contributed by atoms with Gasteiger partial charge in [0.05, 0.1) is 0 Å². The molecule has 0 saturated carbocycles. The molecule has 0 atom stereocenters. The molecule has 0 heterocycles. The van der Waals surface area contributed by atoms with E-state index in [2.05, 4.69) is 27.7 Å². The Balaban J connectivity index is 3.55. The fourth-order valence-corrected chi connectivity index (χ4v) is 2.12. The Bertz CT molecular complexity index is 94.6. The van der Waals surface area contributed by atoms with E-state index >= 15 is 0 Å². The number of unbranched alkanes of at least 4 members (excludes halogenated alkanes) is 4. The van der Waals surface area contributed by atoms with Crippen molar-refractivity contribution in [2.45, 2.75) is 79.1 Å². The lowest BCUT2D eigenvalue weighted by molar-refractivity contribution is 0.315. The van der Waals surface area contributed by atoms with Crippen molar-refractivity contribution in [1.82, 2.24) is 0 Å². The first kappa shape index (κ1) is 14.0. The topological polar surface area (TPSA) is 0 Å². The molecule has 0 radical (unpaired) electrons. The Morgan fingerprint density at radius 3 is 1.43 bits per heavy atom. The highest BCUT2D eigenvalue weighted by atomic mass is 14.2. The molecule has 14 heavy (non-hydrogen) atoms. The van der Waals surface area contributed by atoms with Crippen LogP contribution in [-0.4, -0.2) is 0 Å². The molecule has 0 nitrogen and oxygen atoms in total. The molecule has 0 heteroatoms. The minimum atomic E-state index is 0.892. The number of hydrogen-bond acceptors (Lipinski definition) is 0. The maximum atomic E-state index is 2.39. The monoisotopic (exact) mass is 198 g/mol. The average Bonchev–Trinajstić information content (AvgIpc) is 2.15. The Morgan fingerprint density at radius 2 is 1.14 bits per heavy atom. The predicted octanol–water partition coefficient (Wildman–Crippen LogP) is 5.42. The van der Waals surface area contributed by atoms with E-state index in [1.54, 1.807) is 0 Å². The third-order valence-corrected chi connectivity index (χ3v) is 3.30. The SMILES string of the molecule is CCCCCC(CCCCC)C(C)C. The Morgan fingerprint density at radius 1 is 0.714 bits per heavy atom. The molecule has 0 aromatic carbocycles. The highest BCUT2D eigenvalue weighted by molar-refractivity contribution is 4.63. The van der Waals surface area contributed by atoms with Crippen LogP contribution in [0.5, 0.6) is 0 Å². The highest BCUT2D eigenvalue weighted by Gasteiger charge is 2.11. The summed E-state index contributed by atoms with van der Waals surface area (Å²) < 4.78 is 0. The van der Waals surface area contributed by atoms with Gasteiger partial charge in [0, 0.05) is 0 Å².